The fourth-order valence-corrected chi connectivity index (χ4v) is 3.78. The van der Waals surface area contributed by atoms with E-state index < -0.39 is 0 Å². The van der Waals surface area contributed by atoms with Gasteiger partial charge in [0.1, 0.15) is 11.6 Å². The Morgan fingerprint density at radius 1 is 1.11 bits per heavy atom. The molecule has 0 aliphatic carbocycles. The number of carbonyl (C=O) groups excluding carboxylic acids is 1. The molecule has 1 aliphatic heterocycles. The number of ether oxygens (including phenoxy) is 1. The summed E-state index contributed by atoms with van der Waals surface area (Å²) in [4.78, 5) is 19.6. The first-order chi connectivity index (χ1) is 13.7. The van der Waals surface area contributed by atoms with Gasteiger partial charge in [0.15, 0.2) is 0 Å². The van der Waals surface area contributed by atoms with Gasteiger partial charge in [0, 0.05) is 23.5 Å². The van der Waals surface area contributed by atoms with E-state index in [0.29, 0.717) is 11.3 Å². The molecule has 0 radical (unpaired) electrons. The van der Waals surface area contributed by atoms with Crippen LogP contribution in [0.3, 0.4) is 0 Å². The van der Waals surface area contributed by atoms with Crippen molar-refractivity contribution in [1.29, 1.82) is 0 Å². The van der Waals surface area contributed by atoms with Crippen molar-refractivity contribution >= 4 is 17.4 Å². The molecule has 0 bridgehead atoms. The summed E-state index contributed by atoms with van der Waals surface area (Å²) in [6.07, 6.45) is 2.57. The molecular formula is C23H23N3O2. The maximum absolute atomic E-state index is 13.3. The van der Waals surface area contributed by atoms with Gasteiger partial charge in [-0.15, -0.1) is 0 Å². The molecule has 2 heterocycles. The fraction of sp³-hybridized carbons (Fsp3) is 0.217. The lowest BCUT2D eigenvalue weighted by Gasteiger charge is -2.39. The third-order valence-electron chi connectivity index (χ3n) is 5.11. The summed E-state index contributed by atoms with van der Waals surface area (Å²) in [7, 11) is 1.61. The van der Waals surface area contributed by atoms with Crippen LogP contribution in [0.1, 0.15) is 35.3 Å². The van der Waals surface area contributed by atoms with Crippen LogP contribution in [0.25, 0.3) is 0 Å². The molecule has 0 spiro atoms. The van der Waals surface area contributed by atoms with Gasteiger partial charge >= 0.3 is 0 Å². The fourth-order valence-electron chi connectivity index (χ4n) is 3.78. The lowest BCUT2D eigenvalue weighted by atomic mass is 9.91. The molecule has 5 heteroatoms. The average Bonchev–Trinajstić information content (AvgIpc) is 2.74. The minimum Gasteiger partial charge on any atom is -0.497 e. The van der Waals surface area contributed by atoms with Gasteiger partial charge in [0.25, 0.3) is 5.91 Å². The van der Waals surface area contributed by atoms with Gasteiger partial charge < -0.3 is 15.0 Å². The normalized spacial score (nSPS) is 18.3. The van der Waals surface area contributed by atoms with Gasteiger partial charge in [0.05, 0.1) is 13.2 Å². The number of methoxy groups -OCH3 is 1. The lowest BCUT2D eigenvalue weighted by Crippen LogP contribution is -2.44. The SMILES string of the molecule is COc1cccc(C(=O)N2c3ccccc3[C@@H](Nc3ccccn3)C[C@H]2C)c1. The highest BCUT2D eigenvalue weighted by Crippen LogP contribution is 2.39. The van der Waals surface area contributed by atoms with Gasteiger partial charge in [-0.2, -0.15) is 0 Å². The molecule has 142 valence electrons. The molecule has 1 aliphatic rings. The molecule has 1 aromatic heterocycles. The molecule has 2 aromatic carbocycles. The molecule has 0 unspecified atom stereocenters. The van der Waals surface area contributed by atoms with Gasteiger partial charge in [-0.25, -0.2) is 4.98 Å². The number of hydrogen-bond donors (Lipinski definition) is 1. The smallest absolute Gasteiger partial charge is 0.258 e. The number of carbonyl (C=O) groups is 1. The number of fused-ring (bicyclic) bond motifs is 1. The first-order valence-electron chi connectivity index (χ1n) is 9.41. The number of amides is 1. The van der Waals surface area contributed by atoms with Crippen LogP contribution in [0.15, 0.2) is 72.9 Å². The summed E-state index contributed by atoms with van der Waals surface area (Å²) in [6, 6.07) is 21.3. The Morgan fingerprint density at radius 2 is 1.93 bits per heavy atom. The molecule has 0 fully saturated rings. The Kier molecular flexibility index (Phi) is 4.98. The standard InChI is InChI=1S/C23H23N3O2/c1-16-14-20(25-22-12-5-6-13-24-22)19-10-3-4-11-21(19)26(16)23(27)17-8-7-9-18(15-17)28-2/h3-13,15-16,20H,14H2,1-2H3,(H,24,25)/t16-,20+/m1/s1. The first-order valence-corrected chi connectivity index (χ1v) is 9.41. The predicted octanol–water partition coefficient (Wildman–Crippen LogP) is 4.68. The third kappa shape index (κ3) is 3.43. The summed E-state index contributed by atoms with van der Waals surface area (Å²) in [6.45, 7) is 2.08. The van der Waals surface area contributed by atoms with Crippen LogP contribution in [0, 0.1) is 0 Å². The van der Waals surface area contributed by atoms with E-state index in [-0.39, 0.29) is 18.0 Å². The Hall–Kier alpha value is -3.34. The zero-order valence-corrected chi connectivity index (χ0v) is 16.0. The summed E-state index contributed by atoms with van der Waals surface area (Å²) < 4.78 is 5.28. The minimum atomic E-state index is -0.0184. The molecule has 1 N–H and O–H groups in total. The van der Waals surface area contributed by atoms with Gasteiger partial charge in [-0.05, 0) is 55.3 Å². The monoisotopic (exact) mass is 373 g/mol. The maximum atomic E-state index is 13.3. The average molecular weight is 373 g/mol. The Morgan fingerprint density at radius 3 is 2.71 bits per heavy atom. The molecule has 0 saturated heterocycles. The second-order valence-corrected chi connectivity index (χ2v) is 6.96. The number of hydrogen-bond acceptors (Lipinski definition) is 4. The van der Waals surface area contributed by atoms with Gasteiger partial charge in [-0.1, -0.05) is 30.3 Å². The van der Waals surface area contributed by atoms with Crippen LogP contribution < -0.4 is 15.0 Å². The van der Waals surface area contributed by atoms with Gasteiger partial charge in [0.2, 0.25) is 0 Å². The number of aromatic nitrogens is 1. The van der Waals surface area contributed by atoms with E-state index in [4.69, 9.17) is 4.74 Å². The van der Waals surface area contributed by atoms with E-state index in [1.165, 1.54) is 0 Å². The molecule has 4 rings (SSSR count). The van der Waals surface area contributed by atoms with Crippen molar-refractivity contribution in [2.24, 2.45) is 0 Å². The van der Waals surface area contributed by atoms with Crippen molar-refractivity contribution < 1.29 is 9.53 Å². The molecule has 0 saturated carbocycles. The first kappa shape index (κ1) is 18.0. The second kappa shape index (κ2) is 7.72. The number of rotatable bonds is 4. The molecule has 2 atom stereocenters. The Balaban J connectivity index is 1.68. The van der Waals surface area contributed by atoms with Gasteiger partial charge in [-0.3, -0.25) is 4.79 Å². The van der Waals surface area contributed by atoms with Crippen molar-refractivity contribution in [3.8, 4) is 5.75 Å². The van der Waals surface area contributed by atoms with E-state index in [1.54, 1.807) is 19.4 Å². The van der Waals surface area contributed by atoms with Crippen LogP contribution in [-0.4, -0.2) is 24.0 Å². The Bertz CT molecular complexity index is 974. The number of pyridine rings is 1. The highest BCUT2D eigenvalue weighted by molar-refractivity contribution is 6.07. The molecule has 1 amide bonds. The number of benzene rings is 2. The van der Waals surface area contributed by atoms with E-state index in [1.807, 2.05) is 59.5 Å². The molecular weight excluding hydrogens is 350 g/mol. The molecule has 3 aromatic rings. The largest absolute Gasteiger partial charge is 0.497 e. The van der Waals surface area contributed by atoms with E-state index >= 15 is 0 Å². The van der Waals surface area contributed by atoms with Crippen molar-refractivity contribution in [3.05, 3.63) is 84.1 Å². The maximum Gasteiger partial charge on any atom is 0.258 e. The van der Waals surface area contributed by atoms with Crippen molar-refractivity contribution in [2.45, 2.75) is 25.4 Å². The van der Waals surface area contributed by atoms with Crippen LogP contribution in [-0.2, 0) is 0 Å². The predicted molar refractivity (Wildman–Crippen MR) is 111 cm³/mol. The van der Waals surface area contributed by atoms with E-state index in [2.05, 4.69) is 23.3 Å². The highest BCUT2D eigenvalue weighted by Gasteiger charge is 2.34. The molecule has 5 nitrogen and oxygen atoms in total. The Labute approximate surface area is 165 Å². The summed E-state index contributed by atoms with van der Waals surface area (Å²) in [5.41, 5.74) is 2.65. The van der Waals surface area contributed by atoms with Crippen molar-refractivity contribution in [3.63, 3.8) is 0 Å². The van der Waals surface area contributed by atoms with Crippen LogP contribution in [0.2, 0.25) is 0 Å². The second-order valence-electron chi connectivity index (χ2n) is 6.96. The quantitative estimate of drug-likeness (QED) is 0.721. The number of para-hydroxylation sites is 1. The van der Waals surface area contributed by atoms with Crippen LogP contribution >= 0.6 is 0 Å². The van der Waals surface area contributed by atoms with Crippen molar-refractivity contribution in [2.75, 3.05) is 17.3 Å². The van der Waals surface area contributed by atoms with E-state index in [0.717, 1.165) is 23.5 Å². The van der Waals surface area contributed by atoms with E-state index in [9.17, 15) is 4.79 Å². The minimum absolute atomic E-state index is 0.0184. The number of nitrogens with zero attached hydrogens (tertiary/aromatic N) is 2. The third-order valence-corrected chi connectivity index (χ3v) is 5.11. The van der Waals surface area contributed by atoms with Crippen molar-refractivity contribution in [1.82, 2.24) is 4.98 Å². The zero-order chi connectivity index (χ0) is 19.5. The summed E-state index contributed by atoms with van der Waals surface area (Å²) in [5.74, 6) is 1.50. The van der Waals surface area contributed by atoms with Crippen LogP contribution in [0.5, 0.6) is 5.75 Å². The summed E-state index contributed by atoms with van der Waals surface area (Å²) >= 11 is 0. The lowest BCUT2D eigenvalue weighted by molar-refractivity contribution is 0.0974. The topological polar surface area (TPSA) is 54.5 Å². The zero-order valence-electron chi connectivity index (χ0n) is 16.0. The molecule has 28 heavy (non-hydrogen) atoms. The highest BCUT2D eigenvalue weighted by atomic mass is 16.5. The number of nitrogens with one attached hydrogen (secondary N) is 1. The summed E-state index contributed by atoms with van der Waals surface area (Å²) in [5, 5.41) is 3.52. The number of anilines is 2. The van der Waals surface area contributed by atoms with Crippen LogP contribution in [0.4, 0.5) is 11.5 Å².